The van der Waals surface area contributed by atoms with Crippen LogP contribution in [0.1, 0.15) is 39.1 Å². The molecule has 1 atom stereocenters. The summed E-state index contributed by atoms with van der Waals surface area (Å²) in [6, 6.07) is 9.48. The monoisotopic (exact) mass is 335 g/mol. The fourth-order valence-electron chi connectivity index (χ4n) is 2.09. The van der Waals surface area contributed by atoms with Crippen molar-refractivity contribution in [1.82, 2.24) is 5.32 Å². The molecule has 1 heterocycles. The van der Waals surface area contributed by atoms with Gasteiger partial charge in [-0.05, 0) is 25.1 Å². The molecule has 0 aliphatic carbocycles. The number of carbonyl (C=O) groups excluding carboxylic acids is 2. The molecule has 1 amide bonds. The molecule has 2 rings (SSSR count). The first-order valence-corrected chi connectivity index (χ1v) is 8.08. The lowest BCUT2D eigenvalue weighted by molar-refractivity contribution is -0.121. The van der Waals surface area contributed by atoms with E-state index in [1.165, 1.54) is 29.5 Å². The molecule has 4 nitrogen and oxygen atoms in total. The number of halogens is 1. The van der Waals surface area contributed by atoms with Crippen LogP contribution in [0.4, 0.5) is 4.39 Å². The van der Waals surface area contributed by atoms with Gasteiger partial charge in [-0.25, -0.2) is 4.39 Å². The Hall–Kier alpha value is -2.05. The molecule has 0 bridgehead atoms. The van der Waals surface area contributed by atoms with Gasteiger partial charge in [0.2, 0.25) is 5.91 Å². The van der Waals surface area contributed by atoms with Crippen LogP contribution in [-0.4, -0.2) is 23.3 Å². The molecule has 0 aliphatic heterocycles. The Morgan fingerprint density at radius 3 is 2.61 bits per heavy atom. The Morgan fingerprint density at radius 2 is 1.96 bits per heavy atom. The third-order valence-corrected chi connectivity index (χ3v) is 4.39. The number of aryl methyl sites for hydroxylation is 1. The quantitative estimate of drug-likeness (QED) is 0.765. The first-order valence-electron chi connectivity index (χ1n) is 7.26. The number of hydrogen-bond donors (Lipinski definition) is 2. The highest BCUT2D eigenvalue weighted by Crippen LogP contribution is 2.18. The molecule has 0 saturated heterocycles. The minimum atomic E-state index is -1.12. The van der Waals surface area contributed by atoms with Crippen LogP contribution in [0.2, 0.25) is 0 Å². The highest BCUT2D eigenvalue weighted by Gasteiger charge is 2.15. The summed E-state index contributed by atoms with van der Waals surface area (Å²) in [7, 11) is 0. The van der Waals surface area contributed by atoms with Crippen LogP contribution in [-0.2, 0) is 4.79 Å². The number of aliphatic hydroxyl groups is 1. The maximum Gasteiger partial charge on any atom is 0.220 e. The van der Waals surface area contributed by atoms with Gasteiger partial charge in [-0.3, -0.25) is 9.59 Å². The van der Waals surface area contributed by atoms with E-state index < -0.39 is 11.9 Å². The molecule has 2 aromatic rings. The summed E-state index contributed by atoms with van der Waals surface area (Å²) in [6.45, 7) is 1.82. The van der Waals surface area contributed by atoms with Gasteiger partial charge in [0.1, 0.15) is 5.82 Å². The number of nitrogens with one attached hydrogen (secondary N) is 1. The van der Waals surface area contributed by atoms with Gasteiger partial charge in [-0.2, -0.15) is 0 Å². The van der Waals surface area contributed by atoms with Crippen molar-refractivity contribution in [3.05, 3.63) is 57.5 Å². The molecule has 122 valence electrons. The summed E-state index contributed by atoms with van der Waals surface area (Å²) in [4.78, 5) is 25.3. The molecule has 23 heavy (non-hydrogen) atoms. The van der Waals surface area contributed by atoms with E-state index in [4.69, 9.17) is 0 Å². The lowest BCUT2D eigenvalue weighted by Gasteiger charge is -2.12. The zero-order valence-corrected chi connectivity index (χ0v) is 13.5. The number of ketones is 1. The van der Waals surface area contributed by atoms with Gasteiger partial charge < -0.3 is 10.4 Å². The van der Waals surface area contributed by atoms with Crippen LogP contribution in [0.15, 0.2) is 36.4 Å². The molecule has 1 unspecified atom stereocenters. The van der Waals surface area contributed by atoms with E-state index in [0.29, 0.717) is 4.88 Å². The van der Waals surface area contributed by atoms with Crippen LogP contribution < -0.4 is 5.32 Å². The Bertz CT molecular complexity index is 699. The number of thiophene rings is 1. The van der Waals surface area contributed by atoms with Crippen molar-refractivity contribution in [3.8, 4) is 0 Å². The maximum atomic E-state index is 13.5. The van der Waals surface area contributed by atoms with Gasteiger partial charge in [0.05, 0.1) is 11.0 Å². The lowest BCUT2D eigenvalue weighted by Crippen LogP contribution is -2.28. The zero-order valence-electron chi connectivity index (χ0n) is 12.7. The summed E-state index contributed by atoms with van der Waals surface area (Å²) in [6.07, 6.45) is -0.961. The number of benzene rings is 1. The minimum Gasteiger partial charge on any atom is -0.386 e. The van der Waals surface area contributed by atoms with Crippen LogP contribution >= 0.6 is 11.3 Å². The van der Waals surface area contributed by atoms with Crippen LogP contribution in [0.3, 0.4) is 0 Å². The van der Waals surface area contributed by atoms with E-state index in [1.54, 1.807) is 12.1 Å². The molecular formula is C17H18FNO3S. The number of carbonyl (C=O) groups is 2. The molecule has 0 spiro atoms. The van der Waals surface area contributed by atoms with Crippen molar-refractivity contribution < 1.29 is 19.1 Å². The molecule has 6 heteroatoms. The first kappa shape index (κ1) is 17.3. The van der Waals surface area contributed by atoms with E-state index in [2.05, 4.69) is 5.32 Å². The summed E-state index contributed by atoms with van der Waals surface area (Å²) in [5.41, 5.74) is 0.137. The second kappa shape index (κ2) is 7.99. The van der Waals surface area contributed by atoms with E-state index in [1.807, 2.05) is 13.0 Å². The van der Waals surface area contributed by atoms with E-state index in [0.717, 1.165) is 4.88 Å². The van der Waals surface area contributed by atoms with Crippen LogP contribution in [0.25, 0.3) is 0 Å². The second-order valence-electron chi connectivity index (χ2n) is 5.17. The smallest absolute Gasteiger partial charge is 0.220 e. The van der Waals surface area contributed by atoms with Crippen molar-refractivity contribution in [1.29, 1.82) is 0 Å². The maximum absolute atomic E-state index is 13.5. The number of rotatable bonds is 7. The lowest BCUT2D eigenvalue weighted by atomic mass is 10.1. The minimum absolute atomic E-state index is 0.0414. The predicted octanol–water partition coefficient (Wildman–Crippen LogP) is 3.01. The van der Waals surface area contributed by atoms with Gasteiger partial charge in [-0.1, -0.05) is 18.2 Å². The van der Waals surface area contributed by atoms with Crippen LogP contribution in [0, 0.1) is 12.7 Å². The third-order valence-electron chi connectivity index (χ3n) is 3.35. The van der Waals surface area contributed by atoms with Crippen molar-refractivity contribution in [2.75, 3.05) is 6.54 Å². The van der Waals surface area contributed by atoms with Gasteiger partial charge in [-0.15, -0.1) is 11.3 Å². The number of Topliss-reactive ketones (excluding diaryl/α,β-unsaturated/α-hetero) is 1. The summed E-state index contributed by atoms with van der Waals surface area (Å²) >= 11 is 1.40. The molecule has 1 aromatic carbocycles. The summed E-state index contributed by atoms with van der Waals surface area (Å²) in [5, 5.41) is 12.4. The molecular weight excluding hydrogens is 317 g/mol. The number of amides is 1. The second-order valence-corrected chi connectivity index (χ2v) is 6.46. The van der Waals surface area contributed by atoms with Gasteiger partial charge in [0, 0.05) is 29.8 Å². The molecule has 0 saturated carbocycles. The Balaban J connectivity index is 1.77. The van der Waals surface area contributed by atoms with E-state index in [-0.39, 0.29) is 36.6 Å². The Morgan fingerprint density at radius 1 is 1.22 bits per heavy atom. The number of aliphatic hydroxyl groups excluding tert-OH is 1. The fourth-order valence-corrected chi connectivity index (χ4v) is 2.92. The van der Waals surface area contributed by atoms with Crippen molar-refractivity contribution in [3.63, 3.8) is 0 Å². The predicted molar refractivity (Wildman–Crippen MR) is 87.0 cm³/mol. The van der Waals surface area contributed by atoms with Gasteiger partial charge >= 0.3 is 0 Å². The third kappa shape index (κ3) is 4.97. The van der Waals surface area contributed by atoms with E-state index in [9.17, 15) is 19.1 Å². The first-order chi connectivity index (χ1) is 11.0. The van der Waals surface area contributed by atoms with Crippen molar-refractivity contribution in [2.45, 2.75) is 25.9 Å². The SMILES string of the molecule is Cc1ccc(C(=O)CCC(=O)NCC(O)c2ccccc2F)s1. The molecule has 0 radical (unpaired) electrons. The van der Waals surface area contributed by atoms with Crippen molar-refractivity contribution >= 4 is 23.0 Å². The number of hydrogen-bond acceptors (Lipinski definition) is 4. The van der Waals surface area contributed by atoms with Crippen LogP contribution in [0.5, 0.6) is 0 Å². The average molecular weight is 335 g/mol. The van der Waals surface area contributed by atoms with E-state index >= 15 is 0 Å². The highest BCUT2D eigenvalue weighted by atomic mass is 32.1. The molecule has 0 aliphatic rings. The topological polar surface area (TPSA) is 66.4 Å². The molecule has 0 fully saturated rings. The summed E-state index contributed by atoms with van der Waals surface area (Å²) < 4.78 is 13.5. The standard InChI is InChI=1S/C17H18FNO3S/c1-11-6-8-16(23-11)14(20)7-9-17(22)19-10-15(21)12-4-2-3-5-13(12)18/h2-6,8,15,21H,7,9-10H2,1H3,(H,19,22). The largest absolute Gasteiger partial charge is 0.386 e. The normalized spacial score (nSPS) is 12.0. The van der Waals surface area contributed by atoms with Crippen molar-refractivity contribution in [2.24, 2.45) is 0 Å². The Labute approximate surface area is 138 Å². The average Bonchev–Trinajstić information content (AvgIpc) is 2.97. The zero-order chi connectivity index (χ0) is 16.8. The highest BCUT2D eigenvalue weighted by molar-refractivity contribution is 7.14. The molecule has 1 aromatic heterocycles. The molecule has 2 N–H and O–H groups in total. The fraction of sp³-hybridized carbons (Fsp3) is 0.294. The van der Waals surface area contributed by atoms with Gasteiger partial charge in [0.25, 0.3) is 0 Å². The summed E-state index contributed by atoms with van der Waals surface area (Å²) in [5.74, 6) is -0.938. The van der Waals surface area contributed by atoms with Gasteiger partial charge in [0.15, 0.2) is 5.78 Å². The Kier molecular flexibility index (Phi) is 6.01.